The van der Waals surface area contributed by atoms with Gasteiger partial charge in [0.2, 0.25) is 0 Å². The average molecular weight is 306 g/mol. The summed E-state index contributed by atoms with van der Waals surface area (Å²) in [6.07, 6.45) is 3.57. The van der Waals surface area contributed by atoms with Gasteiger partial charge in [-0.2, -0.15) is 0 Å². The number of aliphatic hydroxyl groups is 1. The topological polar surface area (TPSA) is 61.3 Å². The number of aliphatic hydroxyl groups excluding tert-OH is 1. The predicted molar refractivity (Wildman–Crippen MR) is 86.9 cm³/mol. The molecule has 0 unspecified atom stereocenters. The molecule has 1 atom stereocenters. The van der Waals surface area contributed by atoms with Crippen LogP contribution in [0.15, 0.2) is 11.4 Å². The highest BCUT2D eigenvalue weighted by atomic mass is 32.1. The molecule has 5 nitrogen and oxygen atoms in total. The molecule has 1 saturated heterocycles. The van der Waals surface area contributed by atoms with E-state index in [1.165, 1.54) is 12.8 Å². The van der Waals surface area contributed by atoms with Gasteiger partial charge in [-0.15, -0.1) is 11.3 Å². The molecule has 114 valence electrons. The number of nitrogens with zero attached hydrogens (tertiary/aromatic N) is 3. The zero-order chi connectivity index (χ0) is 14.7. The molecule has 0 amide bonds. The lowest BCUT2D eigenvalue weighted by Gasteiger charge is -2.34. The SMILES string of the molecule is Cc1nc(NCCN2CCCC[C@@H]2CO)c2ccsc2n1. The number of aromatic nitrogens is 2. The smallest absolute Gasteiger partial charge is 0.138 e. The van der Waals surface area contributed by atoms with Crippen LogP contribution in [0.1, 0.15) is 25.1 Å². The summed E-state index contributed by atoms with van der Waals surface area (Å²) >= 11 is 1.65. The Labute approximate surface area is 129 Å². The average Bonchev–Trinajstić information content (AvgIpc) is 2.96. The van der Waals surface area contributed by atoms with E-state index in [1.807, 2.05) is 6.92 Å². The highest BCUT2D eigenvalue weighted by molar-refractivity contribution is 7.16. The van der Waals surface area contributed by atoms with Crippen molar-refractivity contribution in [3.8, 4) is 0 Å². The minimum atomic E-state index is 0.265. The van der Waals surface area contributed by atoms with E-state index >= 15 is 0 Å². The standard InChI is InChI=1S/C15H22N4OS/c1-11-17-14(13-5-9-21-15(13)18-11)16-6-8-19-7-3-2-4-12(19)10-20/h5,9,12,20H,2-4,6-8,10H2,1H3,(H,16,17,18)/t12-/m1/s1. The molecule has 0 saturated carbocycles. The highest BCUT2D eigenvalue weighted by Gasteiger charge is 2.20. The Morgan fingerprint density at radius 3 is 3.19 bits per heavy atom. The molecular weight excluding hydrogens is 284 g/mol. The van der Waals surface area contributed by atoms with Gasteiger partial charge in [0, 0.05) is 19.1 Å². The minimum absolute atomic E-state index is 0.265. The van der Waals surface area contributed by atoms with Gasteiger partial charge in [0.25, 0.3) is 0 Å². The van der Waals surface area contributed by atoms with Gasteiger partial charge in [-0.25, -0.2) is 9.97 Å². The van der Waals surface area contributed by atoms with Gasteiger partial charge in [-0.05, 0) is 37.8 Å². The summed E-state index contributed by atoms with van der Waals surface area (Å²) in [5.74, 6) is 1.73. The van der Waals surface area contributed by atoms with E-state index in [2.05, 4.69) is 31.6 Å². The molecule has 1 aliphatic heterocycles. The van der Waals surface area contributed by atoms with Gasteiger partial charge in [0.1, 0.15) is 16.5 Å². The van der Waals surface area contributed by atoms with Crippen LogP contribution < -0.4 is 5.32 Å². The number of anilines is 1. The summed E-state index contributed by atoms with van der Waals surface area (Å²) in [7, 11) is 0. The first kappa shape index (κ1) is 14.7. The monoisotopic (exact) mass is 306 g/mol. The number of likely N-dealkylation sites (tertiary alicyclic amines) is 1. The van der Waals surface area contributed by atoms with Crippen LogP contribution in [0.2, 0.25) is 0 Å². The summed E-state index contributed by atoms with van der Waals surface area (Å²) in [5.41, 5.74) is 0. The molecule has 2 N–H and O–H groups in total. The van der Waals surface area contributed by atoms with E-state index < -0.39 is 0 Å². The van der Waals surface area contributed by atoms with Crippen molar-refractivity contribution in [2.75, 3.05) is 31.6 Å². The molecule has 1 aliphatic rings. The lowest BCUT2D eigenvalue weighted by atomic mass is 10.0. The fourth-order valence-corrected chi connectivity index (χ4v) is 3.79. The number of fused-ring (bicyclic) bond motifs is 1. The van der Waals surface area contributed by atoms with E-state index in [0.29, 0.717) is 6.04 Å². The Balaban J connectivity index is 1.62. The number of rotatable bonds is 5. The van der Waals surface area contributed by atoms with Crippen molar-refractivity contribution in [1.82, 2.24) is 14.9 Å². The van der Waals surface area contributed by atoms with Crippen LogP contribution in [-0.4, -0.2) is 52.3 Å². The van der Waals surface area contributed by atoms with Crippen LogP contribution in [0.25, 0.3) is 10.2 Å². The Morgan fingerprint density at radius 1 is 1.43 bits per heavy atom. The van der Waals surface area contributed by atoms with Gasteiger partial charge in [0.15, 0.2) is 0 Å². The van der Waals surface area contributed by atoms with Crippen molar-refractivity contribution in [1.29, 1.82) is 0 Å². The van der Waals surface area contributed by atoms with Gasteiger partial charge >= 0.3 is 0 Å². The van der Waals surface area contributed by atoms with Crippen molar-refractivity contribution >= 4 is 27.4 Å². The zero-order valence-corrected chi connectivity index (χ0v) is 13.2. The van der Waals surface area contributed by atoms with Gasteiger partial charge < -0.3 is 10.4 Å². The summed E-state index contributed by atoms with van der Waals surface area (Å²) in [6.45, 7) is 5.07. The number of aryl methyl sites for hydroxylation is 1. The first-order chi connectivity index (χ1) is 10.3. The fourth-order valence-electron chi connectivity index (χ4n) is 2.98. The van der Waals surface area contributed by atoms with Crippen molar-refractivity contribution in [2.24, 2.45) is 0 Å². The van der Waals surface area contributed by atoms with E-state index in [-0.39, 0.29) is 6.61 Å². The largest absolute Gasteiger partial charge is 0.395 e. The molecule has 0 aliphatic carbocycles. The third kappa shape index (κ3) is 3.33. The van der Waals surface area contributed by atoms with Crippen molar-refractivity contribution in [3.63, 3.8) is 0 Å². The lowest BCUT2D eigenvalue weighted by molar-refractivity contribution is 0.0940. The third-order valence-corrected chi connectivity index (χ3v) is 4.89. The van der Waals surface area contributed by atoms with Crippen LogP contribution in [-0.2, 0) is 0 Å². The number of piperidine rings is 1. The number of thiophene rings is 1. The third-order valence-electron chi connectivity index (χ3n) is 4.09. The van der Waals surface area contributed by atoms with E-state index in [1.54, 1.807) is 11.3 Å². The summed E-state index contributed by atoms with van der Waals surface area (Å²) in [5, 5.41) is 16.0. The van der Waals surface area contributed by atoms with Gasteiger partial charge in [-0.1, -0.05) is 6.42 Å². The second kappa shape index (κ2) is 6.68. The molecule has 0 bridgehead atoms. The Kier molecular flexibility index (Phi) is 4.67. The van der Waals surface area contributed by atoms with Crippen LogP contribution in [0, 0.1) is 6.92 Å². The van der Waals surface area contributed by atoms with Gasteiger partial charge in [-0.3, -0.25) is 4.90 Å². The van der Waals surface area contributed by atoms with E-state index in [9.17, 15) is 5.11 Å². The maximum atomic E-state index is 9.45. The molecule has 2 aromatic heterocycles. The molecule has 0 spiro atoms. The van der Waals surface area contributed by atoms with Crippen LogP contribution in [0.3, 0.4) is 0 Å². The maximum absolute atomic E-state index is 9.45. The molecule has 0 aromatic carbocycles. The van der Waals surface area contributed by atoms with E-state index in [0.717, 1.165) is 47.9 Å². The second-order valence-electron chi connectivity index (χ2n) is 5.55. The predicted octanol–water partition coefficient (Wildman–Crippen LogP) is 2.26. The normalized spacial score (nSPS) is 20.0. The summed E-state index contributed by atoms with van der Waals surface area (Å²) < 4.78 is 0. The molecular formula is C15H22N4OS. The maximum Gasteiger partial charge on any atom is 0.138 e. The van der Waals surface area contributed by atoms with E-state index in [4.69, 9.17) is 0 Å². The lowest BCUT2D eigenvalue weighted by Crippen LogP contribution is -2.44. The molecule has 1 fully saturated rings. The Bertz CT molecular complexity index is 600. The van der Waals surface area contributed by atoms with Crippen molar-refractivity contribution < 1.29 is 5.11 Å². The van der Waals surface area contributed by atoms with Crippen LogP contribution in [0.4, 0.5) is 5.82 Å². The molecule has 2 aromatic rings. The Morgan fingerprint density at radius 2 is 2.33 bits per heavy atom. The van der Waals surface area contributed by atoms with Crippen LogP contribution >= 0.6 is 11.3 Å². The van der Waals surface area contributed by atoms with Gasteiger partial charge in [0.05, 0.1) is 12.0 Å². The highest BCUT2D eigenvalue weighted by Crippen LogP contribution is 2.24. The molecule has 6 heteroatoms. The first-order valence-electron chi connectivity index (χ1n) is 7.58. The number of hydrogen-bond donors (Lipinski definition) is 2. The number of hydrogen-bond acceptors (Lipinski definition) is 6. The quantitative estimate of drug-likeness (QED) is 0.887. The first-order valence-corrected chi connectivity index (χ1v) is 8.46. The summed E-state index contributed by atoms with van der Waals surface area (Å²) in [4.78, 5) is 12.4. The minimum Gasteiger partial charge on any atom is -0.395 e. The summed E-state index contributed by atoms with van der Waals surface area (Å²) in [6, 6.07) is 2.40. The van der Waals surface area contributed by atoms with Crippen molar-refractivity contribution in [2.45, 2.75) is 32.2 Å². The second-order valence-corrected chi connectivity index (χ2v) is 6.45. The molecule has 21 heavy (non-hydrogen) atoms. The zero-order valence-electron chi connectivity index (χ0n) is 12.4. The number of nitrogens with one attached hydrogen (secondary N) is 1. The fraction of sp³-hybridized carbons (Fsp3) is 0.600. The molecule has 3 rings (SSSR count). The van der Waals surface area contributed by atoms with Crippen LogP contribution in [0.5, 0.6) is 0 Å². The Hall–Kier alpha value is -1.24. The van der Waals surface area contributed by atoms with Crippen molar-refractivity contribution in [3.05, 3.63) is 17.3 Å². The molecule has 0 radical (unpaired) electrons. The molecule has 3 heterocycles.